The predicted octanol–water partition coefficient (Wildman–Crippen LogP) is 2.56. The summed E-state index contributed by atoms with van der Waals surface area (Å²) in [5, 5.41) is 15.1. The molecule has 0 unspecified atom stereocenters. The summed E-state index contributed by atoms with van der Waals surface area (Å²) in [6.45, 7) is 6.50. The zero-order valence-corrected chi connectivity index (χ0v) is 13.0. The molecule has 0 amide bonds. The number of nitrogens with one attached hydrogen (secondary N) is 2. The Balaban J connectivity index is 1.54. The second-order valence-electron chi connectivity index (χ2n) is 5.55. The van der Waals surface area contributed by atoms with Gasteiger partial charge in [-0.2, -0.15) is 10.2 Å². The summed E-state index contributed by atoms with van der Waals surface area (Å²) in [5.41, 5.74) is 5.88. The van der Waals surface area contributed by atoms with E-state index in [0.29, 0.717) is 0 Å². The molecule has 5 heteroatoms. The minimum Gasteiger partial charge on any atom is -0.308 e. The third-order valence-corrected chi connectivity index (χ3v) is 3.79. The Hall–Kier alpha value is -2.40. The van der Waals surface area contributed by atoms with E-state index >= 15 is 0 Å². The molecule has 3 rings (SSSR count). The van der Waals surface area contributed by atoms with Gasteiger partial charge in [-0.05, 0) is 19.4 Å². The topological polar surface area (TPSA) is 58.5 Å². The Morgan fingerprint density at radius 2 is 1.91 bits per heavy atom. The lowest BCUT2D eigenvalue weighted by molar-refractivity contribution is 0.675. The number of rotatable bonds is 6. The summed E-state index contributed by atoms with van der Waals surface area (Å²) in [6.07, 6.45) is 4.01. The Morgan fingerprint density at radius 1 is 1.09 bits per heavy atom. The maximum Gasteiger partial charge on any atom is 0.0659 e. The number of aromatic nitrogens is 4. The molecule has 0 aliphatic rings. The summed E-state index contributed by atoms with van der Waals surface area (Å²) >= 11 is 0. The monoisotopic (exact) mass is 295 g/mol. The van der Waals surface area contributed by atoms with Crippen molar-refractivity contribution in [2.24, 2.45) is 0 Å². The highest BCUT2D eigenvalue weighted by molar-refractivity contribution is 5.23. The molecule has 2 heterocycles. The standard InChI is InChI=1S/C17H21N5/c1-13-17(14(2)21-20-13)10-18-8-16-9-19-22(12-16)11-15-6-4-3-5-7-15/h3-7,9,12,18H,8,10-11H2,1-2H3,(H,20,21). The van der Waals surface area contributed by atoms with Crippen LogP contribution in [-0.4, -0.2) is 20.0 Å². The third-order valence-electron chi connectivity index (χ3n) is 3.79. The van der Waals surface area contributed by atoms with Crippen molar-refractivity contribution in [1.82, 2.24) is 25.3 Å². The van der Waals surface area contributed by atoms with E-state index in [9.17, 15) is 0 Å². The molecule has 2 aromatic heterocycles. The van der Waals surface area contributed by atoms with Crippen LogP contribution in [0, 0.1) is 13.8 Å². The first-order valence-corrected chi connectivity index (χ1v) is 7.49. The molecule has 0 fully saturated rings. The molecule has 114 valence electrons. The number of hydrogen-bond acceptors (Lipinski definition) is 3. The van der Waals surface area contributed by atoms with E-state index in [1.165, 1.54) is 16.7 Å². The van der Waals surface area contributed by atoms with E-state index in [2.05, 4.69) is 58.0 Å². The van der Waals surface area contributed by atoms with Gasteiger partial charge in [0.2, 0.25) is 0 Å². The summed E-state index contributed by atoms with van der Waals surface area (Å²) in [5.74, 6) is 0. The number of H-pyrrole nitrogens is 1. The SMILES string of the molecule is Cc1n[nH]c(C)c1CNCc1cnn(Cc2ccccc2)c1. The predicted molar refractivity (Wildman–Crippen MR) is 86.4 cm³/mol. The molecule has 22 heavy (non-hydrogen) atoms. The molecular weight excluding hydrogens is 274 g/mol. The van der Waals surface area contributed by atoms with Crippen molar-refractivity contribution in [3.05, 3.63) is 70.8 Å². The number of nitrogens with zero attached hydrogens (tertiary/aromatic N) is 3. The second-order valence-corrected chi connectivity index (χ2v) is 5.55. The van der Waals surface area contributed by atoms with Gasteiger partial charge in [0.05, 0.1) is 18.4 Å². The second kappa shape index (κ2) is 6.58. The Morgan fingerprint density at radius 3 is 2.64 bits per heavy atom. The lowest BCUT2D eigenvalue weighted by atomic mass is 10.2. The van der Waals surface area contributed by atoms with Crippen molar-refractivity contribution in [3.8, 4) is 0 Å². The highest BCUT2D eigenvalue weighted by Crippen LogP contribution is 2.09. The van der Waals surface area contributed by atoms with E-state index in [4.69, 9.17) is 0 Å². The molecule has 0 bridgehead atoms. The largest absolute Gasteiger partial charge is 0.308 e. The van der Waals surface area contributed by atoms with Crippen molar-refractivity contribution in [3.63, 3.8) is 0 Å². The third kappa shape index (κ3) is 3.43. The number of benzene rings is 1. The lowest BCUT2D eigenvalue weighted by Crippen LogP contribution is -2.13. The fourth-order valence-corrected chi connectivity index (χ4v) is 2.52. The summed E-state index contributed by atoms with van der Waals surface area (Å²) < 4.78 is 1.97. The van der Waals surface area contributed by atoms with Crippen molar-refractivity contribution in [2.75, 3.05) is 0 Å². The van der Waals surface area contributed by atoms with Gasteiger partial charge in [-0.1, -0.05) is 30.3 Å². The van der Waals surface area contributed by atoms with Gasteiger partial charge in [0.15, 0.2) is 0 Å². The smallest absolute Gasteiger partial charge is 0.0659 e. The molecule has 0 spiro atoms. The molecule has 0 atom stereocenters. The van der Waals surface area contributed by atoms with Crippen LogP contribution >= 0.6 is 0 Å². The average molecular weight is 295 g/mol. The van der Waals surface area contributed by atoms with Crippen LogP contribution in [0.25, 0.3) is 0 Å². The molecule has 2 N–H and O–H groups in total. The van der Waals surface area contributed by atoms with Gasteiger partial charge in [-0.3, -0.25) is 9.78 Å². The molecule has 3 aromatic rings. The lowest BCUT2D eigenvalue weighted by Gasteiger charge is -2.03. The van der Waals surface area contributed by atoms with Crippen LogP contribution in [0.4, 0.5) is 0 Å². The molecule has 0 aliphatic carbocycles. The quantitative estimate of drug-likeness (QED) is 0.735. The molecule has 0 saturated heterocycles. The zero-order valence-electron chi connectivity index (χ0n) is 13.0. The number of hydrogen-bond donors (Lipinski definition) is 2. The van der Waals surface area contributed by atoms with Crippen LogP contribution in [0.2, 0.25) is 0 Å². The highest BCUT2D eigenvalue weighted by Gasteiger charge is 2.06. The van der Waals surface area contributed by atoms with Crippen molar-refractivity contribution in [2.45, 2.75) is 33.5 Å². The van der Waals surface area contributed by atoms with Gasteiger partial charge in [-0.25, -0.2) is 0 Å². The van der Waals surface area contributed by atoms with E-state index in [1.54, 1.807) is 0 Å². The maximum absolute atomic E-state index is 4.42. The first kappa shape index (κ1) is 14.5. The summed E-state index contributed by atoms with van der Waals surface area (Å²) in [7, 11) is 0. The fourth-order valence-electron chi connectivity index (χ4n) is 2.52. The average Bonchev–Trinajstić information content (AvgIpc) is 3.09. The molecule has 0 radical (unpaired) electrons. The number of aryl methyl sites for hydroxylation is 2. The van der Waals surface area contributed by atoms with Gasteiger partial charge in [0, 0.05) is 36.1 Å². The molecule has 1 aromatic carbocycles. The zero-order chi connectivity index (χ0) is 15.4. The van der Waals surface area contributed by atoms with Crippen LogP contribution < -0.4 is 5.32 Å². The molecular formula is C17H21N5. The van der Waals surface area contributed by atoms with Crippen LogP contribution in [0.1, 0.15) is 28.1 Å². The van der Waals surface area contributed by atoms with Crippen molar-refractivity contribution >= 4 is 0 Å². The van der Waals surface area contributed by atoms with Gasteiger partial charge in [-0.15, -0.1) is 0 Å². The van der Waals surface area contributed by atoms with Crippen LogP contribution in [0.5, 0.6) is 0 Å². The van der Waals surface area contributed by atoms with E-state index < -0.39 is 0 Å². The molecule has 5 nitrogen and oxygen atoms in total. The normalized spacial score (nSPS) is 11.0. The van der Waals surface area contributed by atoms with Crippen LogP contribution in [-0.2, 0) is 19.6 Å². The Bertz CT molecular complexity index is 707. The fraction of sp³-hybridized carbons (Fsp3) is 0.294. The van der Waals surface area contributed by atoms with Crippen molar-refractivity contribution < 1.29 is 0 Å². The van der Waals surface area contributed by atoms with E-state index in [-0.39, 0.29) is 0 Å². The van der Waals surface area contributed by atoms with Gasteiger partial charge >= 0.3 is 0 Å². The number of aromatic amines is 1. The first-order chi connectivity index (χ1) is 10.7. The van der Waals surface area contributed by atoms with Gasteiger partial charge in [0.1, 0.15) is 0 Å². The summed E-state index contributed by atoms with van der Waals surface area (Å²) in [4.78, 5) is 0. The van der Waals surface area contributed by atoms with Crippen LogP contribution in [0.15, 0.2) is 42.7 Å². The minimum atomic E-state index is 0.804. The molecule has 0 aliphatic heterocycles. The molecule has 0 saturated carbocycles. The summed E-state index contributed by atoms with van der Waals surface area (Å²) in [6, 6.07) is 10.4. The maximum atomic E-state index is 4.42. The van der Waals surface area contributed by atoms with E-state index in [0.717, 1.165) is 31.0 Å². The van der Waals surface area contributed by atoms with Gasteiger partial charge < -0.3 is 5.32 Å². The van der Waals surface area contributed by atoms with Crippen LogP contribution in [0.3, 0.4) is 0 Å². The van der Waals surface area contributed by atoms with Gasteiger partial charge in [0.25, 0.3) is 0 Å². The highest BCUT2D eigenvalue weighted by atomic mass is 15.3. The van der Waals surface area contributed by atoms with Crippen molar-refractivity contribution in [1.29, 1.82) is 0 Å². The van der Waals surface area contributed by atoms with E-state index in [1.807, 2.05) is 23.9 Å². The Labute approximate surface area is 130 Å². The minimum absolute atomic E-state index is 0.804. The first-order valence-electron chi connectivity index (χ1n) is 7.49. The Kier molecular flexibility index (Phi) is 4.34.